The minimum absolute atomic E-state index is 0.161. The van der Waals surface area contributed by atoms with Gasteiger partial charge in [0.25, 0.3) is 0 Å². The minimum atomic E-state index is 0.161. The van der Waals surface area contributed by atoms with E-state index in [0.717, 1.165) is 5.71 Å². The predicted octanol–water partition coefficient (Wildman–Crippen LogP) is 2.05. The highest BCUT2D eigenvalue weighted by Gasteiger charge is 2.04. The first-order valence-electron chi connectivity index (χ1n) is 4.20. The van der Waals surface area contributed by atoms with Gasteiger partial charge in [0.05, 0.1) is 5.56 Å². The van der Waals surface area contributed by atoms with Crippen LogP contribution >= 0.6 is 12.2 Å². The zero-order valence-electron chi connectivity index (χ0n) is 8.11. The van der Waals surface area contributed by atoms with Gasteiger partial charge in [0.15, 0.2) is 0 Å². The normalized spacial score (nSPS) is 9.29. The fraction of sp³-hybridized carbons (Fsp3) is 0.200. The highest BCUT2D eigenvalue weighted by Crippen LogP contribution is 2.15. The lowest BCUT2D eigenvalue weighted by atomic mass is 10.2. The van der Waals surface area contributed by atoms with Crippen LogP contribution in [-0.2, 0) is 0 Å². The summed E-state index contributed by atoms with van der Waals surface area (Å²) in [6.07, 6.45) is 0. The van der Waals surface area contributed by atoms with Gasteiger partial charge >= 0.3 is 0 Å². The second-order valence-corrected chi connectivity index (χ2v) is 3.43. The summed E-state index contributed by atoms with van der Waals surface area (Å²) >= 11 is 5.05. The van der Waals surface area contributed by atoms with Crippen molar-refractivity contribution in [1.82, 2.24) is 5.43 Å². The molecule has 0 saturated carbocycles. The molecule has 0 spiro atoms. The molecule has 0 aliphatic heterocycles. The Balaban J connectivity index is 2.80. The van der Waals surface area contributed by atoms with E-state index >= 15 is 0 Å². The lowest BCUT2D eigenvalue weighted by Crippen LogP contribution is -2.17. The molecule has 1 rings (SSSR count). The summed E-state index contributed by atoms with van der Waals surface area (Å²) in [4.78, 5) is 0.421. The van der Waals surface area contributed by atoms with Gasteiger partial charge in [0.1, 0.15) is 10.7 Å². The Morgan fingerprint density at radius 1 is 1.36 bits per heavy atom. The molecular weight excluding hydrogens is 196 g/mol. The first-order valence-corrected chi connectivity index (χ1v) is 4.61. The fourth-order valence-corrected chi connectivity index (χ4v) is 1.11. The Hall–Kier alpha value is -1.42. The van der Waals surface area contributed by atoms with E-state index in [0.29, 0.717) is 10.6 Å². The first kappa shape index (κ1) is 10.7. The second kappa shape index (κ2) is 4.72. The molecule has 14 heavy (non-hydrogen) atoms. The Morgan fingerprint density at radius 3 is 2.57 bits per heavy atom. The van der Waals surface area contributed by atoms with Crippen molar-refractivity contribution in [3.8, 4) is 5.75 Å². The molecule has 1 aromatic rings. The number of phenolic OH excluding ortho intramolecular Hbond substituents is 1. The maximum atomic E-state index is 9.47. The van der Waals surface area contributed by atoms with Gasteiger partial charge in [-0.3, -0.25) is 5.43 Å². The lowest BCUT2D eigenvalue weighted by Gasteiger charge is -2.05. The average molecular weight is 208 g/mol. The molecule has 4 heteroatoms. The van der Waals surface area contributed by atoms with Crippen LogP contribution in [0.4, 0.5) is 0 Å². The van der Waals surface area contributed by atoms with Crippen molar-refractivity contribution >= 4 is 22.9 Å². The molecule has 0 heterocycles. The van der Waals surface area contributed by atoms with Gasteiger partial charge in [0.2, 0.25) is 0 Å². The van der Waals surface area contributed by atoms with Crippen LogP contribution in [0.2, 0.25) is 0 Å². The van der Waals surface area contributed by atoms with E-state index < -0.39 is 0 Å². The number of rotatable bonds is 2. The summed E-state index contributed by atoms with van der Waals surface area (Å²) in [7, 11) is 0. The maximum absolute atomic E-state index is 9.47. The number of thiocarbonyl (C=S) groups is 1. The minimum Gasteiger partial charge on any atom is -0.507 e. The van der Waals surface area contributed by atoms with Crippen molar-refractivity contribution in [1.29, 1.82) is 0 Å². The third kappa shape index (κ3) is 2.81. The van der Waals surface area contributed by atoms with Crippen LogP contribution in [0.15, 0.2) is 29.4 Å². The molecule has 0 radical (unpaired) electrons. The number of hydrogen-bond donors (Lipinski definition) is 2. The van der Waals surface area contributed by atoms with Crippen LogP contribution in [0.1, 0.15) is 19.4 Å². The van der Waals surface area contributed by atoms with Crippen LogP contribution < -0.4 is 5.43 Å². The van der Waals surface area contributed by atoms with E-state index in [1.165, 1.54) is 0 Å². The summed E-state index contributed by atoms with van der Waals surface area (Å²) in [6, 6.07) is 6.89. The summed E-state index contributed by atoms with van der Waals surface area (Å²) in [6.45, 7) is 3.72. The highest BCUT2D eigenvalue weighted by molar-refractivity contribution is 7.80. The highest BCUT2D eigenvalue weighted by atomic mass is 32.1. The van der Waals surface area contributed by atoms with Crippen LogP contribution in [-0.4, -0.2) is 15.8 Å². The number of hydrazone groups is 1. The predicted molar refractivity (Wildman–Crippen MR) is 61.7 cm³/mol. The van der Waals surface area contributed by atoms with Crippen LogP contribution in [0.3, 0.4) is 0 Å². The number of hydrogen-bond acceptors (Lipinski definition) is 3. The molecule has 0 bridgehead atoms. The van der Waals surface area contributed by atoms with Crippen LogP contribution in [0.5, 0.6) is 5.75 Å². The van der Waals surface area contributed by atoms with E-state index in [1.807, 2.05) is 19.9 Å². The number of phenols is 1. The van der Waals surface area contributed by atoms with Crippen molar-refractivity contribution in [2.75, 3.05) is 0 Å². The monoisotopic (exact) mass is 208 g/mol. The molecule has 0 atom stereocenters. The molecule has 2 N–H and O–H groups in total. The van der Waals surface area contributed by atoms with E-state index in [1.54, 1.807) is 18.2 Å². The zero-order chi connectivity index (χ0) is 10.6. The van der Waals surface area contributed by atoms with Crippen molar-refractivity contribution in [2.24, 2.45) is 5.10 Å². The van der Waals surface area contributed by atoms with Gasteiger partial charge < -0.3 is 5.11 Å². The molecule has 3 nitrogen and oxygen atoms in total. The lowest BCUT2D eigenvalue weighted by molar-refractivity contribution is 0.474. The smallest absolute Gasteiger partial charge is 0.130 e. The molecule has 0 fully saturated rings. The van der Waals surface area contributed by atoms with E-state index in [4.69, 9.17) is 12.2 Å². The summed E-state index contributed by atoms with van der Waals surface area (Å²) in [5, 5.41) is 13.4. The van der Waals surface area contributed by atoms with Gasteiger partial charge in [-0.15, -0.1) is 0 Å². The third-order valence-corrected chi connectivity index (χ3v) is 1.84. The summed E-state index contributed by atoms with van der Waals surface area (Å²) in [5.41, 5.74) is 4.17. The Kier molecular flexibility index (Phi) is 3.59. The second-order valence-electron chi connectivity index (χ2n) is 3.02. The molecular formula is C10H12N2OS. The molecule has 1 aromatic carbocycles. The van der Waals surface area contributed by atoms with Gasteiger partial charge in [-0.2, -0.15) is 5.10 Å². The molecule has 0 amide bonds. The van der Waals surface area contributed by atoms with Gasteiger partial charge in [-0.05, 0) is 26.0 Å². The number of benzene rings is 1. The van der Waals surface area contributed by atoms with E-state index in [9.17, 15) is 5.11 Å². The van der Waals surface area contributed by atoms with Crippen molar-refractivity contribution in [3.05, 3.63) is 29.8 Å². The molecule has 0 unspecified atom stereocenters. The van der Waals surface area contributed by atoms with Crippen molar-refractivity contribution < 1.29 is 5.11 Å². The van der Waals surface area contributed by atoms with Crippen LogP contribution in [0.25, 0.3) is 0 Å². The van der Waals surface area contributed by atoms with Gasteiger partial charge in [0, 0.05) is 5.71 Å². The first-order chi connectivity index (χ1) is 6.61. The summed E-state index contributed by atoms with van der Waals surface area (Å²) < 4.78 is 0. The van der Waals surface area contributed by atoms with Crippen molar-refractivity contribution in [3.63, 3.8) is 0 Å². The molecule has 0 aliphatic rings. The molecule has 0 aromatic heterocycles. The number of nitrogens with one attached hydrogen (secondary N) is 1. The largest absolute Gasteiger partial charge is 0.507 e. The molecule has 74 valence electrons. The molecule has 0 aliphatic carbocycles. The van der Waals surface area contributed by atoms with E-state index in [2.05, 4.69) is 10.5 Å². The molecule has 0 saturated heterocycles. The average Bonchev–Trinajstić information content (AvgIpc) is 2.15. The van der Waals surface area contributed by atoms with Gasteiger partial charge in [-0.25, -0.2) is 0 Å². The maximum Gasteiger partial charge on any atom is 0.130 e. The SMILES string of the molecule is CC(C)=NNC(=S)c1ccccc1O. The van der Waals surface area contributed by atoms with E-state index in [-0.39, 0.29) is 5.75 Å². The Morgan fingerprint density at radius 2 is 2.00 bits per heavy atom. The van der Waals surface area contributed by atoms with Gasteiger partial charge in [-0.1, -0.05) is 24.4 Å². The zero-order valence-corrected chi connectivity index (χ0v) is 8.93. The quantitative estimate of drug-likeness (QED) is 0.444. The Bertz CT molecular complexity index is 370. The fourth-order valence-electron chi connectivity index (χ4n) is 0.888. The number of para-hydroxylation sites is 1. The Labute approximate surface area is 88.5 Å². The van der Waals surface area contributed by atoms with Crippen molar-refractivity contribution in [2.45, 2.75) is 13.8 Å². The summed E-state index contributed by atoms with van der Waals surface area (Å²) in [5.74, 6) is 0.161. The number of nitrogens with zero attached hydrogens (tertiary/aromatic N) is 1. The third-order valence-electron chi connectivity index (χ3n) is 1.53. The standard InChI is InChI=1S/C10H12N2OS/c1-7(2)11-12-10(14)8-5-3-4-6-9(8)13/h3-6,13H,1-2H3,(H,12,14). The topological polar surface area (TPSA) is 44.6 Å². The number of aromatic hydroxyl groups is 1. The van der Waals surface area contributed by atoms with Crippen LogP contribution in [0, 0.1) is 0 Å².